The van der Waals surface area contributed by atoms with E-state index >= 15 is 0 Å². The molecule has 0 aliphatic rings. The van der Waals surface area contributed by atoms with Crippen LogP contribution in [-0.2, 0) is 15.4 Å². The average molecular weight is 114 g/mol. The molecular weight excluding hydrogens is 111 g/mol. The van der Waals surface area contributed by atoms with Crippen LogP contribution in [-0.4, -0.2) is 16.5 Å². The minimum atomic E-state index is -1.45. The molecular formula is C2H3MnO2. The van der Waals surface area contributed by atoms with E-state index in [1.54, 1.807) is 0 Å². The van der Waals surface area contributed by atoms with Crippen LogP contribution in [0.4, 0.5) is 0 Å². The molecule has 0 aromatic rings. The molecule has 5 heavy (non-hydrogen) atoms. The maximum atomic E-state index is 7.76. The Bertz CT molecular complexity index is 53.2. The van der Waals surface area contributed by atoms with Crippen molar-refractivity contribution >= 4 is 0 Å². The topological polar surface area (TPSA) is 40.5 Å². The maximum absolute atomic E-state index is 7.76. The molecule has 0 rings (SSSR count). The van der Waals surface area contributed by atoms with Gasteiger partial charge in [-0.2, -0.15) is 0 Å². The van der Waals surface area contributed by atoms with Gasteiger partial charge in [0, 0.05) is 0 Å². The van der Waals surface area contributed by atoms with Gasteiger partial charge in [0.05, 0.1) is 0 Å². The van der Waals surface area contributed by atoms with Crippen molar-refractivity contribution in [3.8, 4) is 4.73 Å². The van der Waals surface area contributed by atoms with Gasteiger partial charge in [-0.05, 0) is 0 Å². The second-order valence-corrected chi connectivity index (χ2v) is 0.824. The Kier molecular flexibility index (Phi) is 2.56. The Hall–Kier alpha value is 0.219. The van der Waals surface area contributed by atoms with E-state index in [9.17, 15) is 0 Å². The second kappa shape index (κ2) is 2.46. The molecule has 0 amide bonds. The summed E-state index contributed by atoms with van der Waals surface area (Å²) >= 11 is 2.56. The summed E-state index contributed by atoms with van der Waals surface area (Å²) in [5, 5.41) is 15.5. The molecule has 0 aromatic carbocycles. The molecule has 30 valence electrons. The predicted molar refractivity (Wildman–Crippen MR) is 12.1 cm³/mol. The van der Waals surface area contributed by atoms with Gasteiger partial charge >= 0.3 is 36.6 Å². The molecule has 0 aliphatic heterocycles. The number of aliphatic hydroxyl groups excluding tert-OH is 1. The Balaban J connectivity index is 2.94. The molecule has 0 aromatic heterocycles. The molecule has 0 spiro atoms. The molecule has 0 atom stereocenters. The monoisotopic (exact) mass is 114 g/mol. The SMILES string of the molecule is OC(O)[C]#[Mn]. The van der Waals surface area contributed by atoms with E-state index in [0.29, 0.717) is 0 Å². The minimum absolute atomic E-state index is 1.45. The van der Waals surface area contributed by atoms with Crippen LogP contribution in [0.25, 0.3) is 0 Å². The summed E-state index contributed by atoms with van der Waals surface area (Å²) in [5.41, 5.74) is 0. The first-order valence-electron chi connectivity index (χ1n) is 0.994. The van der Waals surface area contributed by atoms with Gasteiger partial charge in [0.2, 0.25) is 0 Å². The van der Waals surface area contributed by atoms with Gasteiger partial charge in [0.15, 0.2) is 0 Å². The number of rotatable bonds is 0. The molecule has 0 saturated heterocycles. The van der Waals surface area contributed by atoms with Crippen LogP contribution in [0.3, 0.4) is 0 Å². The number of hydrogen-bond acceptors (Lipinski definition) is 2. The van der Waals surface area contributed by atoms with Crippen LogP contribution in [0, 0.1) is 4.73 Å². The normalized spacial score (nSPS) is 7.80. The first-order chi connectivity index (χ1) is 2.27. The number of aliphatic hydroxyl groups is 2. The summed E-state index contributed by atoms with van der Waals surface area (Å²) in [5.74, 6) is 0. The predicted octanol–water partition coefficient (Wildman–Crippen LogP) is -1.20. The quantitative estimate of drug-likeness (QED) is 0.307. The summed E-state index contributed by atoms with van der Waals surface area (Å²) < 4.78 is 1.95. The zero-order valence-electron chi connectivity index (χ0n) is 2.35. The van der Waals surface area contributed by atoms with Gasteiger partial charge in [-0.1, -0.05) is 0 Å². The van der Waals surface area contributed by atoms with E-state index in [-0.39, 0.29) is 0 Å². The molecule has 0 bridgehead atoms. The van der Waals surface area contributed by atoms with Gasteiger partial charge in [0.25, 0.3) is 0 Å². The van der Waals surface area contributed by atoms with Gasteiger partial charge in [-0.3, -0.25) is 0 Å². The molecule has 0 saturated carbocycles. The molecule has 2 nitrogen and oxygen atoms in total. The fourth-order valence-corrected chi connectivity index (χ4v) is 0. The summed E-state index contributed by atoms with van der Waals surface area (Å²) in [6, 6.07) is 0. The van der Waals surface area contributed by atoms with Gasteiger partial charge < -0.3 is 0 Å². The van der Waals surface area contributed by atoms with Crippen LogP contribution in [0.2, 0.25) is 0 Å². The summed E-state index contributed by atoms with van der Waals surface area (Å²) in [4.78, 5) is 0. The first-order valence-corrected chi connectivity index (χ1v) is 1.58. The Morgan fingerprint density at radius 1 is 1.60 bits per heavy atom. The Morgan fingerprint density at radius 3 is 1.80 bits per heavy atom. The van der Waals surface area contributed by atoms with Crippen LogP contribution < -0.4 is 0 Å². The van der Waals surface area contributed by atoms with E-state index in [0.717, 1.165) is 0 Å². The van der Waals surface area contributed by atoms with Crippen molar-refractivity contribution in [2.75, 3.05) is 0 Å². The summed E-state index contributed by atoms with van der Waals surface area (Å²) in [6.07, 6.45) is -1.45. The zero-order valence-corrected chi connectivity index (χ0v) is 3.53. The van der Waals surface area contributed by atoms with E-state index in [1.165, 1.54) is 0 Å². The van der Waals surface area contributed by atoms with Crippen LogP contribution >= 0.6 is 0 Å². The molecule has 0 aliphatic carbocycles. The summed E-state index contributed by atoms with van der Waals surface area (Å²) in [7, 11) is 0. The van der Waals surface area contributed by atoms with E-state index in [2.05, 4.69) is 15.4 Å². The van der Waals surface area contributed by atoms with Crippen molar-refractivity contribution in [3.05, 3.63) is 0 Å². The molecule has 3 heteroatoms. The van der Waals surface area contributed by atoms with E-state index < -0.39 is 6.29 Å². The standard InChI is InChI=1S/C2H3O2.Mn/c1-2(3)4;/h2-4H;. The first kappa shape index (κ1) is 5.22. The van der Waals surface area contributed by atoms with Crippen molar-refractivity contribution in [1.82, 2.24) is 0 Å². The Labute approximate surface area is 37.4 Å². The number of hydrogen-bond donors (Lipinski definition) is 2. The van der Waals surface area contributed by atoms with Crippen molar-refractivity contribution in [2.45, 2.75) is 6.29 Å². The van der Waals surface area contributed by atoms with Crippen LogP contribution in [0.1, 0.15) is 0 Å². The molecule has 2 N–H and O–H groups in total. The fourth-order valence-electron chi connectivity index (χ4n) is 0. The third kappa shape index (κ3) is 4.22. The van der Waals surface area contributed by atoms with Crippen molar-refractivity contribution in [2.24, 2.45) is 0 Å². The van der Waals surface area contributed by atoms with Crippen molar-refractivity contribution in [3.63, 3.8) is 0 Å². The van der Waals surface area contributed by atoms with Gasteiger partial charge in [-0.15, -0.1) is 0 Å². The molecule has 0 unspecified atom stereocenters. The van der Waals surface area contributed by atoms with Crippen molar-refractivity contribution < 1.29 is 25.6 Å². The fraction of sp³-hybridized carbons (Fsp3) is 0.500. The third-order valence-corrected chi connectivity index (χ3v) is 0.402. The van der Waals surface area contributed by atoms with E-state index in [4.69, 9.17) is 10.2 Å². The third-order valence-electron chi connectivity index (χ3n) is 0.0976. The van der Waals surface area contributed by atoms with Crippen LogP contribution in [0.5, 0.6) is 0 Å². The van der Waals surface area contributed by atoms with Gasteiger partial charge in [-0.25, -0.2) is 0 Å². The zero-order chi connectivity index (χ0) is 4.28. The molecule has 0 radical (unpaired) electrons. The van der Waals surface area contributed by atoms with E-state index in [1.807, 2.05) is 4.73 Å². The summed E-state index contributed by atoms with van der Waals surface area (Å²) in [6.45, 7) is 0. The van der Waals surface area contributed by atoms with Crippen LogP contribution in [0.15, 0.2) is 0 Å². The molecule has 0 heterocycles. The van der Waals surface area contributed by atoms with Crippen molar-refractivity contribution in [1.29, 1.82) is 0 Å². The second-order valence-electron chi connectivity index (χ2n) is 0.483. The van der Waals surface area contributed by atoms with Gasteiger partial charge in [0.1, 0.15) is 0 Å². The Morgan fingerprint density at radius 2 is 1.80 bits per heavy atom. The average Bonchev–Trinajstić information content (AvgIpc) is 1.38. The molecule has 0 fully saturated rings.